The highest BCUT2D eigenvalue weighted by atomic mass is 16.5. The summed E-state index contributed by atoms with van der Waals surface area (Å²) < 4.78 is 5.34. The molecule has 0 bridgehead atoms. The lowest BCUT2D eigenvalue weighted by atomic mass is 10.1. The average molecular weight is 285 g/mol. The van der Waals surface area contributed by atoms with E-state index in [1.54, 1.807) is 11.8 Å². The summed E-state index contributed by atoms with van der Waals surface area (Å²) in [7, 11) is 0. The summed E-state index contributed by atoms with van der Waals surface area (Å²) in [5, 5.41) is 12.0. The second-order valence-corrected chi connectivity index (χ2v) is 5.40. The first-order valence-corrected chi connectivity index (χ1v) is 7.18. The van der Waals surface area contributed by atoms with Crippen molar-refractivity contribution in [3.8, 4) is 0 Å². The lowest BCUT2D eigenvalue weighted by Crippen LogP contribution is -2.56. The van der Waals surface area contributed by atoms with E-state index < -0.39 is 12.0 Å². The Morgan fingerprint density at radius 1 is 1.30 bits per heavy atom. The molecular weight excluding hydrogens is 262 g/mol. The molecule has 2 fully saturated rings. The third kappa shape index (κ3) is 3.83. The summed E-state index contributed by atoms with van der Waals surface area (Å²) in [6.07, 6.45) is 1.94. The highest BCUT2D eigenvalue weighted by Gasteiger charge is 2.28. The van der Waals surface area contributed by atoms with Gasteiger partial charge in [-0.15, -0.1) is 0 Å². The van der Waals surface area contributed by atoms with Gasteiger partial charge < -0.3 is 20.1 Å². The zero-order valence-corrected chi connectivity index (χ0v) is 11.9. The van der Waals surface area contributed by atoms with Gasteiger partial charge in [-0.3, -0.25) is 9.69 Å². The van der Waals surface area contributed by atoms with Crippen molar-refractivity contribution in [2.75, 3.05) is 39.4 Å². The molecule has 0 radical (unpaired) electrons. The number of carbonyl (C=O) groups is 2. The lowest BCUT2D eigenvalue weighted by molar-refractivity contribution is -0.143. The Hall–Kier alpha value is -1.34. The zero-order chi connectivity index (χ0) is 14.5. The predicted octanol–water partition coefficient (Wildman–Crippen LogP) is -0.0343. The number of urea groups is 1. The first-order chi connectivity index (χ1) is 9.58. The molecule has 7 nitrogen and oxygen atoms in total. The standard InChI is InChI=1S/C13H23N3O4/c1-10(12(17)18)15-4-6-16(7-5-15)13(19)14-11-3-2-8-20-9-11/h10-11H,2-9H2,1H3,(H,14,19)(H,17,18). The van der Waals surface area contributed by atoms with Gasteiger partial charge in [0.1, 0.15) is 6.04 Å². The van der Waals surface area contributed by atoms with Crippen LogP contribution in [0.25, 0.3) is 0 Å². The molecule has 0 aromatic rings. The third-order valence-corrected chi connectivity index (χ3v) is 3.99. The van der Waals surface area contributed by atoms with Gasteiger partial charge >= 0.3 is 12.0 Å². The molecule has 20 heavy (non-hydrogen) atoms. The van der Waals surface area contributed by atoms with Crippen molar-refractivity contribution < 1.29 is 19.4 Å². The molecule has 114 valence electrons. The van der Waals surface area contributed by atoms with E-state index >= 15 is 0 Å². The van der Waals surface area contributed by atoms with Crippen LogP contribution >= 0.6 is 0 Å². The SMILES string of the molecule is CC(C(=O)O)N1CCN(C(=O)NC2CCCOC2)CC1. The van der Waals surface area contributed by atoms with Crippen molar-refractivity contribution in [3.63, 3.8) is 0 Å². The molecule has 2 atom stereocenters. The number of nitrogens with one attached hydrogen (secondary N) is 1. The third-order valence-electron chi connectivity index (χ3n) is 3.99. The van der Waals surface area contributed by atoms with E-state index in [-0.39, 0.29) is 12.1 Å². The fraction of sp³-hybridized carbons (Fsp3) is 0.846. The molecule has 2 heterocycles. The topological polar surface area (TPSA) is 82.1 Å². The van der Waals surface area contributed by atoms with Crippen LogP contribution in [-0.2, 0) is 9.53 Å². The van der Waals surface area contributed by atoms with Gasteiger partial charge in [0.15, 0.2) is 0 Å². The second kappa shape index (κ2) is 6.90. The van der Waals surface area contributed by atoms with Crippen molar-refractivity contribution in [1.29, 1.82) is 0 Å². The summed E-state index contributed by atoms with van der Waals surface area (Å²) in [6, 6.07) is -0.456. The summed E-state index contributed by atoms with van der Waals surface area (Å²) in [5.74, 6) is -0.817. The molecule has 0 aromatic heterocycles. The summed E-state index contributed by atoms with van der Waals surface area (Å²) >= 11 is 0. The van der Waals surface area contributed by atoms with Gasteiger partial charge in [-0.25, -0.2) is 4.79 Å². The van der Waals surface area contributed by atoms with Crippen molar-refractivity contribution in [3.05, 3.63) is 0 Å². The second-order valence-electron chi connectivity index (χ2n) is 5.40. The van der Waals surface area contributed by atoms with E-state index in [1.807, 2.05) is 4.90 Å². The Kier molecular flexibility index (Phi) is 5.19. The number of carboxylic acid groups (broad SMARTS) is 1. The van der Waals surface area contributed by atoms with E-state index in [4.69, 9.17) is 9.84 Å². The number of nitrogens with zero attached hydrogens (tertiary/aromatic N) is 2. The van der Waals surface area contributed by atoms with Crippen LogP contribution in [0.15, 0.2) is 0 Å². The molecule has 0 aromatic carbocycles. The summed E-state index contributed by atoms with van der Waals surface area (Å²) in [4.78, 5) is 26.7. The van der Waals surface area contributed by atoms with Gasteiger partial charge in [0.05, 0.1) is 12.6 Å². The number of rotatable bonds is 3. The molecule has 0 aliphatic carbocycles. The van der Waals surface area contributed by atoms with E-state index in [0.29, 0.717) is 32.8 Å². The molecule has 7 heteroatoms. The normalized spacial score (nSPS) is 26.1. The van der Waals surface area contributed by atoms with E-state index in [2.05, 4.69) is 5.32 Å². The maximum Gasteiger partial charge on any atom is 0.320 e. The minimum atomic E-state index is -0.817. The highest BCUT2D eigenvalue weighted by Crippen LogP contribution is 2.09. The number of piperazine rings is 1. The molecule has 0 saturated carbocycles. The number of hydrogen-bond donors (Lipinski definition) is 2. The highest BCUT2D eigenvalue weighted by molar-refractivity contribution is 5.75. The van der Waals surface area contributed by atoms with Gasteiger partial charge in [-0.2, -0.15) is 0 Å². The van der Waals surface area contributed by atoms with E-state index in [1.165, 1.54) is 0 Å². The molecule has 2 saturated heterocycles. The van der Waals surface area contributed by atoms with Crippen LogP contribution in [0.2, 0.25) is 0 Å². The Labute approximate surface area is 118 Å². The molecule has 2 rings (SSSR count). The zero-order valence-electron chi connectivity index (χ0n) is 11.9. The predicted molar refractivity (Wildman–Crippen MR) is 72.6 cm³/mol. The quantitative estimate of drug-likeness (QED) is 0.761. The maximum atomic E-state index is 12.1. The van der Waals surface area contributed by atoms with Crippen molar-refractivity contribution in [2.24, 2.45) is 0 Å². The fourth-order valence-electron chi connectivity index (χ4n) is 2.59. The first-order valence-electron chi connectivity index (χ1n) is 7.18. The molecule has 2 aliphatic rings. The Bertz CT molecular complexity index is 350. The van der Waals surface area contributed by atoms with E-state index in [0.717, 1.165) is 19.4 Å². The molecule has 0 spiro atoms. The Morgan fingerprint density at radius 2 is 2.00 bits per heavy atom. The molecular formula is C13H23N3O4. The van der Waals surface area contributed by atoms with Gasteiger partial charge in [0, 0.05) is 32.8 Å². The number of hydrogen-bond acceptors (Lipinski definition) is 4. The van der Waals surface area contributed by atoms with Crippen LogP contribution in [-0.4, -0.2) is 78.4 Å². The van der Waals surface area contributed by atoms with Crippen molar-refractivity contribution in [2.45, 2.75) is 31.8 Å². The molecule has 2 aliphatic heterocycles. The average Bonchev–Trinajstić information content (AvgIpc) is 2.47. The largest absolute Gasteiger partial charge is 0.480 e. The number of carbonyl (C=O) groups excluding carboxylic acids is 1. The van der Waals surface area contributed by atoms with Crippen LogP contribution in [0.5, 0.6) is 0 Å². The Balaban J connectivity index is 1.75. The van der Waals surface area contributed by atoms with Crippen LogP contribution < -0.4 is 5.32 Å². The van der Waals surface area contributed by atoms with Crippen LogP contribution in [0.1, 0.15) is 19.8 Å². The minimum Gasteiger partial charge on any atom is -0.480 e. The monoisotopic (exact) mass is 285 g/mol. The number of ether oxygens (including phenoxy) is 1. The van der Waals surface area contributed by atoms with Crippen LogP contribution in [0, 0.1) is 0 Å². The summed E-state index contributed by atoms with van der Waals surface area (Å²) in [6.45, 7) is 5.37. The van der Waals surface area contributed by atoms with Crippen molar-refractivity contribution in [1.82, 2.24) is 15.1 Å². The molecule has 2 unspecified atom stereocenters. The molecule has 2 N–H and O–H groups in total. The number of amides is 2. The first kappa shape index (κ1) is 15.1. The smallest absolute Gasteiger partial charge is 0.320 e. The fourth-order valence-corrected chi connectivity index (χ4v) is 2.59. The van der Waals surface area contributed by atoms with Crippen LogP contribution in [0.4, 0.5) is 4.79 Å². The minimum absolute atomic E-state index is 0.0665. The van der Waals surface area contributed by atoms with Gasteiger partial charge in [0.25, 0.3) is 0 Å². The lowest BCUT2D eigenvalue weighted by Gasteiger charge is -2.37. The number of aliphatic carboxylic acids is 1. The van der Waals surface area contributed by atoms with Gasteiger partial charge in [-0.05, 0) is 19.8 Å². The van der Waals surface area contributed by atoms with Gasteiger partial charge in [0.2, 0.25) is 0 Å². The maximum absolute atomic E-state index is 12.1. The molecule has 2 amide bonds. The Morgan fingerprint density at radius 3 is 2.55 bits per heavy atom. The van der Waals surface area contributed by atoms with Crippen LogP contribution in [0.3, 0.4) is 0 Å². The summed E-state index contributed by atoms with van der Waals surface area (Å²) in [5.41, 5.74) is 0. The van der Waals surface area contributed by atoms with E-state index in [9.17, 15) is 9.59 Å². The van der Waals surface area contributed by atoms with Crippen molar-refractivity contribution >= 4 is 12.0 Å². The number of carboxylic acids is 1. The van der Waals surface area contributed by atoms with Gasteiger partial charge in [-0.1, -0.05) is 0 Å².